The van der Waals surface area contributed by atoms with Gasteiger partial charge >= 0.3 is 0 Å². The van der Waals surface area contributed by atoms with Crippen molar-refractivity contribution in [1.29, 1.82) is 0 Å². The molecule has 3 heteroatoms. The Morgan fingerprint density at radius 1 is 1.00 bits per heavy atom. The van der Waals surface area contributed by atoms with Crippen LogP contribution in [0.3, 0.4) is 0 Å². The van der Waals surface area contributed by atoms with Crippen LogP contribution in [-0.4, -0.2) is 10.2 Å². The van der Waals surface area contributed by atoms with Gasteiger partial charge in [-0.15, -0.1) is 5.10 Å². The van der Waals surface area contributed by atoms with Gasteiger partial charge in [0, 0.05) is 5.12 Å². The molecule has 0 radical (unpaired) electrons. The van der Waals surface area contributed by atoms with E-state index in [4.69, 9.17) is 0 Å². The molecule has 0 fully saturated rings. The monoisotopic (exact) mass is 186 g/mol. The predicted octanol–water partition coefficient (Wildman–Crippen LogP) is 3.07. The smallest absolute Gasteiger partial charge is 0.110 e. The lowest BCUT2D eigenvalue weighted by molar-refractivity contribution is 1.12. The van der Waals surface area contributed by atoms with Crippen LogP contribution in [0.15, 0.2) is 42.3 Å². The van der Waals surface area contributed by atoms with Crippen LogP contribution in [0.4, 0.5) is 0 Å². The summed E-state index contributed by atoms with van der Waals surface area (Å²) in [5, 5.41) is 11.9. The van der Waals surface area contributed by atoms with Gasteiger partial charge in [-0.2, -0.15) is 5.10 Å². The van der Waals surface area contributed by atoms with Crippen molar-refractivity contribution in [2.45, 2.75) is 0 Å². The van der Waals surface area contributed by atoms with Crippen molar-refractivity contribution >= 4 is 23.1 Å². The van der Waals surface area contributed by atoms with Crippen LogP contribution >= 0.6 is 7.34 Å². The first kappa shape index (κ1) is 7.05. The molecule has 3 rings (SSSR count). The fourth-order valence-corrected chi connectivity index (χ4v) is 3.26. The van der Waals surface area contributed by atoms with E-state index in [1.165, 1.54) is 10.5 Å². The molecule has 0 amide bonds. The summed E-state index contributed by atoms with van der Waals surface area (Å²) in [4.78, 5) is 0. The van der Waals surface area contributed by atoms with Gasteiger partial charge < -0.3 is 0 Å². The molecule has 0 bridgehead atoms. The molecule has 0 aliphatic carbocycles. The minimum Gasteiger partial charge on any atom is -0.153 e. The summed E-state index contributed by atoms with van der Waals surface area (Å²) in [7, 11) is -0.364. The van der Waals surface area contributed by atoms with Gasteiger partial charge in [0.1, 0.15) is 5.25 Å². The van der Waals surface area contributed by atoms with Crippen LogP contribution in [0.5, 0.6) is 0 Å². The second-order valence-electron chi connectivity index (χ2n) is 2.95. The summed E-state index contributed by atoms with van der Waals surface area (Å²) in [6.07, 6.45) is 0. The first-order valence-corrected chi connectivity index (χ1v) is 5.54. The molecular formula is C10H7N2P. The molecule has 2 nitrogen and oxygen atoms in total. The Morgan fingerprint density at radius 2 is 1.92 bits per heavy atom. The molecule has 2 aromatic heterocycles. The molecule has 62 valence electrons. The summed E-state index contributed by atoms with van der Waals surface area (Å²) >= 11 is 0. The minimum absolute atomic E-state index is 0.364. The normalized spacial score (nSPS) is 12.5. The summed E-state index contributed by atoms with van der Waals surface area (Å²) in [6.45, 7) is 0. The quantitative estimate of drug-likeness (QED) is 0.539. The molecular weight excluding hydrogens is 179 g/mol. The topological polar surface area (TPSA) is 25.8 Å². The van der Waals surface area contributed by atoms with Gasteiger partial charge in [-0.3, -0.25) is 0 Å². The van der Waals surface area contributed by atoms with Crippen molar-refractivity contribution in [3.63, 3.8) is 0 Å². The van der Waals surface area contributed by atoms with Crippen LogP contribution in [0.1, 0.15) is 0 Å². The summed E-state index contributed by atoms with van der Waals surface area (Å²) in [5.74, 6) is 1.97. The standard InChI is InChI=1S/C10H7N2P/c1-2-4-9-8(3-1)5-6-10-12-11-7-13(9)10/h1-7H. The number of rotatable bonds is 0. The first-order valence-electron chi connectivity index (χ1n) is 4.13. The van der Waals surface area contributed by atoms with Gasteiger partial charge in [-0.25, -0.2) is 0 Å². The maximum Gasteiger partial charge on any atom is 0.110 e. The molecule has 2 heterocycles. The molecule has 0 saturated heterocycles. The highest BCUT2D eigenvalue weighted by Crippen LogP contribution is 2.36. The van der Waals surface area contributed by atoms with E-state index in [1.807, 2.05) is 5.93 Å². The van der Waals surface area contributed by atoms with E-state index in [2.05, 4.69) is 46.6 Å². The number of benzene rings is 1. The van der Waals surface area contributed by atoms with Crippen molar-refractivity contribution in [3.8, 4) is 0 Å². The first-order chi connectivity index (χ1) is 6.45. The highest BCUT2D eigenvalue weighted by atomic mass is 31.1. The van der Waals surface area contributed by atoms with Crippen LogP contribution in [0.2, 0.25) is 0 Å². The van der Waals surface area contributed by atoms with E-state index in [9.17, 15) is 0 Å². The van der Waals surface area contributed by atoms with Crippen molar-refractivity contribution in [2.24, 2.45) is 0 Å². The zero-order valence-electron chi connectivity index (χ0n) is 6.88. The van der Waals surface area contributed by atoms with Crippen molar-refractivity contribution < 1.29 is 0 Å². The second-order valence-corrected chi connectivity index (χ2v) is 4.86. The molecule has 13 heavy (non-hydrogen) atoms. The Balaban J connectivity index is 2.65. The maximum absolute atomic E-state index is 4.08. The lowest BCUT2D eigenvalue weighted by atomic mass is 10.2. The lowest BCUT2D eigenvalue weighted by Gasteiger charge is -1.96. The Bertz CT molecular complexity index is 571. The Kier molecular flexibility index (Phi) is 1.38. The average molecular weight is 186 g/mol. The summed E-state index contributed by atoms with van der Waals surface area (Å²) < 4.78 is 0. The van der Waals surface area contributed by atoms with Gasteiger partial charge in [0.15, 0.2) is 0 Å². The SMILES string of the molecule is c1ccc2c(c1)ccc1nncp12. The van der Waals surface area contributed by atoms with Crippen LogP contribution in [0, 0.1) is 0 Å². The van der Waals surface area contributed by atoms with E-state index in [-0.39, 0.29) is 7.34 Å². The van der Waals surface area contributed by atoms with Gasteiger partial charge in [-0.05, 0) is 24.9 Å². The highest BCUT2D eigenvalue weighted by molar-refractivity contribution is 7.55. The molecule has 1 atom stereocenters. The molecule has 0 saturated carbocycles. The Hall–Kier alpha value is -1.40. The Morgan fingerprint density at radius 3 is 2.92 bits per heavy atom. The molecule has 0 aliphatic heterocycles. The summed E-state index contributed by atoms with van der Waals surface area (Å²) in [6, 6.07) is 12.6. The number of nitrogens with zero attached hydrogens (tertiary/aromatic N) is 2. The Labute approximate surface area is 76.2 Å². The highest BCUT2D eigenvalue weighted by Gasteiger charge is 1.99. The van der Waals surface area contributed by atoms with Crippen molar-refractivity contribution in [2.75, 3.05) is 0 Å². The predicted molar refractivity (Wildman–Crippen MR) is 55.2 cm³/mol. The molecule has 1 aromatic carbocycles. The third kappa shape index (κ3) is 0.958. The van der Waals surface area contributed by atoms with Gasteiger partial charge in [0.05, 0.1) is 5.93 Å². The zero-order chi connectivity index (χ0) is 8.67. The lowest BCUT2D eigenvalue weighted by Crippen LogP contribution is -1.67. The number of fused-ring (bicyclic) bond motifs is 3. The molecule has 3 aromatic rings. The molecule has 0 N–H and O–H groups in total. The largest absolute Gasteiger partial charge is 0.153 e. The third-order valence-electron chi connectivity index (χ3n) is 2.18. The van der Waals surface area contributed by atoms with Crippen LogP contribution < -0.4 is 0 Å². The van der Waals surface area contributed by atoms with Crippen LogP contribution in [-0.2, 0) is 0 Å². The second kappa shape index (κ2) is 2.54. The van der Waals surface area contributed by atoms with Gasteiger partial charge in [-0.1, -0.05) is 24.3 Å². The minimum atomic E-state index is -0.364. The summed E-state index contributed by atoms with van der Waals surface area (Å²) in [5.41, 5.74) is 0. The fraction of sp³-hybridized carbons (Fsp3) is 0. The van der Waals surface area contributed by atoms with E-state index < -0.39 is 0 Å². The average Bonchev–Trinajstić information content (AvgIpc) is 2.65. The van der Waals surface area contributed by atoms with Crippen molar-refractivity contribution in [1.82, 2.24) is 10.2 Å². The van der Waals surface area contributed by atoms with E-state index in [0.717, 1.165) is 5.25 Å². The van der Waals surface area contributed by atoms with Crippen LogP contribution in [0.25, 0.3) is 15.8 Å². The zero-order valence-corrected chi connectivity index (χ0v) is 7.78. The molecule has 0 aliphatic rings. The molecule has 1 unspecified atom stereocenters. The number of hydrogen-bond donors (Lipinski definition) is 0. The van der Waals surface area contributed by atoms with Gasteiger partial charge in [0.2, 0.25) is 0 Å². The van der Waals surface area contributed by atoms with Crippen molar-refractivity contribution in [3.05, 3.63) is 42.3 Å². The van der Waals surface area contributed by atoms with E-state index in [0.29, 0.717) is 0 Å². The fourth-order valence-electron chi connectivity index (χ4n) is 1.56. The van der Waals surface area contributed by atoms with E-state index >= 15 is 0 Å². The number of hydrogen-bond acceptors (Lipinski definition) is 2. The van der Waals surface area contributed by atoms with Gasteiger partial charge in [0.25, 0.3) is 0 Å². The molecule has 0 spiro atoms. The number of aromatic nitrogens is 2. The third-order valence-corrected chi connectivity index (χ3v) is 4.18. The van der Waals surface area contributed by atoms with E-state index in [1.54, 1.807) is 0 Å². The maximum atomic E-state index is 4.08.